The predicted octanol–water partition coefficient (Wildman–Crippen LogP) is 4.47. The number of hydrogen-bond acceptors (Lipinski definition) is 1. The molecule has 0 saturated carbocycles. The van der Waals surface area contributed by atoms with E-state index in [4.69, 9.17) is 0 Å². The van der Waals surface area contributed by atoms with Crippen LogP contribution in [0.4, 0.5) is 8.78 Å². The van der Waals surface area contributed by atoms with E-state index in [0.717, 1.165) is 21.8 Å². The summed E-state index contributed by atoms with van der Waals surface area (Å²) in [6.45, 7) is 0. The minimum Gasteiger partial charge on any atom is -0.289 e. The Balaban J connectivity index is 2.23. The van der Waals surface area contributed by atoms with E-state index < -0.39 is 11.6 Å². The molecule has 2 rings (SSSR count). The molecule has 0 unspecified atom stereocenters. The van der Waals surface area contributed by atoms with Crippen molar-refractivity contribution in [3.05, 3.63) is 74.9 Å². The molecule has 0 aliphatic rings. The summed E-state index contributed by atoms with van der Waals surface area (Å²) in [5.74, 6) is -1.67. The number of benzene rings is 2. The average molecular weight is 370 g/mol. The van der Waals surface area contributed by atoms with Gasteiger partial charge in [-0.1, -0.05) is 18.2 Å². The fourth-order valence-electron chi connectivity index (χ4n) is 1.54. The highest BCUT2D eigenvalue weighted by Gasteiger charge is 2.06. The van der Waals surface area contributed by atoms with Crippen molar-refractivity contribution in [2.24, 2.45) is 0 Å². The highest BCUT2D eigenvalue weighted by atomic mass is 127. The van der Waals surface area contributed by atoms with Crippen molar-refractivity contribution >= 4 is 34.5 Å². The number of allylic oxidation sites excluding steroid dienone is 1. The second kappa shape index (κ2) is 6.06. The molecule has 0 N–H and O–H groups in total. The molecule has 0 spiro atoms. The Hall–Kier alpha value is -1.56. The fraction of sp³-hybridized carbons (Fsp3) is 0. The van der Waals surface area contributed by atoms with Crippen LogP contribution in [0.1, 0.15) is 15.9 Å². The van der Waals surface area contributed by atoms with Gasteiger partial charge in [0.15, 0.2) is 5.78 Å². The van der Waals surface area contributed by atoms with Crippen LogP contribution in [0.25, 0.3) is 6.08 Å². The Morgan fingerprint density at radius 1 is 1.00 bits per heavy atom. The lowest BCUT2D eigenvalue weighted by Crippen LogP contribution is -1.95. The molecule has 0 radical (unpaired) electrons. The van der Waals surface area contributed by atoms with Crippen LogP contribution < -0.4 is 0 Å². The van der Waals surface area contributed by atoms with E-state index in [0.29, 0.717) is 5.56 Å². The van der Waals surface area contributed by atoms with E-state index in [-0.39, 0.29) is 11.3 Å². The van der Waals surface area contributed by atoms with E-state index >= 15 is 0 Å². The van der Waals surface area contributed by atoms with Gasteiger partial charge in [0.25, 0.3) is 0 Å². The SMILES string of the molecule is O=C(/C=C/c1c(F)cccc1F)c1ccc(I)cc1. The molecule has 4 heteroatoms. The largest absolute Gasteiger partial charge is 0.289 e. The molecule has 0 atom stereocenters. The molecular formula is C15H9F2IO. The van der Waals surface area contributed by atoms with Crippen molar-refractivity contribution in [1.29, 1.82) is 0 Å². The van der Waals surface area contributed by atoms with E-state index in [1.807, 2.05) is 0 Å². The number of rotatable bonds is 3. The van der Waals surface area contributed by atoms with Gasteiger partial charge in [-0.25, -0.2) is 8.78 Å². The van der Waals surface area contributed by atoms with E-state index in [2.05, 4.69) is 22.6 Å². The Labute approximate surface area is 123 Å². The van der Waals surface area contributed by atoms with Crippen molar-refractivity contribution in [3.63, 3.8) is 0 Å². The van der Waals surface area contributed by atoms with Crippen LogP contribution in [0.5, 0.6) is 0 Å². The number of halogens is 3. The Kier molecular flexibility index (Phi) is 4.42. The third-order valence-electron chi connectivity index (χ3n) is 2.53. The minimum absolute atomic E-state index is 0.207. The van der Waals surface area contributed by atoms with Gasteiger partial charge < -0.3 is 0 Å². The van der Waals surface area contributed by atoms with E-state index in [9.17, 15) is 13.6 Å². The van der Waals surface area contributed by atoms with Crippen LogP contribution in [-0.4, -0.2) is 5.78 Å². The van der Waals surface area contributed by atoms with Crippen molar-refractivity contribution in [3.8, 4) is 0 Å². The lowest BCUT2D eigenvalue weighted by Gasteiger charge is -1.99. The second-order valence-electron chi connectivity index (χ2n) is 3.84. The average Bonchev–Trinajstić information content (AvgIpc) is 2.38. The standard InChI is InChI=1S/C15H9F2IO/c16-13-2-1-3-14(17)12(13)8-9-15(19)10-4-6-11(18)7-5-10/h1-9H/b9-8+. The quantitative estimate of drug-likeness (QED) is 0.443. The maximum Gasteiger partial charge on any atom is 0.185 e. The zero-order chi connectivity index (χ0) is 13.8. The number of carbonyl (C=O) groups excluding carboxylic acids is 1. The molecule has 2 aromatic rings. The summed E-state index contributed by atoms with van der Waals surface area (Å²) >= 11 is 2.13. The van der Waals surface area contributed by atoms with E-state index in [1.165, 1.54) is 12.1 Å². The number of hydrogen-bond donors (Lipinski definition) is 0. The first-order chi connectivity index (χ1) is 9.08. The molecular weight excluding hydrogens is 361 g/mol. The van der Waals surface area contributed by atoms with Gasteiger partial charge in [0.1, 0.15) is 11.6 Å². The summed E-state index contributed by atoms with van der Waals surface area (Å²) in [6, 6.07) is 10.5. The monoisotopic (exact) mass is 370 g/mol. The van der Waals surface area contributed by atoms with Gasteiger partial charge in [-0.2, -0.15) is 0 Å². The van der Waals surface area contributed by atoms with Gasteiger partial charge in [0.2, 0.25) is 0 Å². The Morgan fingerprint density at radius 3 is 2.16 bits per heavy atom. The van der Waals surface area contributed by atoms with Crippen LogP contribution in [0.15, 0.2) is 48.5 Å². The third-order valence-corrected chi connectivity index (χ3v) is 3.25. The topological polar surface area (TPSA) is 17.1 Å². The van der Waals surface area contributed by atoms with Crippen LogP contribution >= 0.6 is 22.6 Å². The van der Waals surface area contributed by atoms with Crippen LogP contribution in [-0.2, 0) is 0 Å². The summed E-state index contributed by atoms with van der Waals surface area (Å²) < 4.78 is 27.7. The van der Waals surface area contributed by atoms with Crippen molar-refractivity contribution in [1.82, 2.24) is 0 Å². The molecule has 0 heterocycles. The van der Waals surface area contributed by atoms with Gasteiger partial charge in [-0.05, 0) is 59.0 Å². The molecule has 1 nitrogen and oxygen atoms in total. The molecule has 96 valence electrons. The first-order valence-electron chi connectivity index (χ1n) is 5.50. The number of ketones is 1. The fourth-order valence-corrected chi connectivity index (χ4v) is 1.90. The van der Waals surface area contributed by atoms with Gasteiger partial charge in [0.05, 0.1) is 0 Å². The normalized spacial score (nSPS) is 10.9. The summed E-state index contributed by atoms with van der Waals surface area (Å²) in [6.07, 6.45) is 2.33. The van der Waals surface area contributed by atoms with Crippen molar-refractivity contribution < 1.29 is 13.6 Å². The second-order valence-corrected chi connectivity index (χ2v) is 5.09. The lowest BCUT2D eigenvalue weighted by atomic mass is 10.1. The zero-order valence-corrected chi connectivity index (χ0v) is 11.9. The van der Waals surface area contributed by atoms with Gasteiger partial charge >= 0.3 is 0 Å². The first kappa shape index (κ1) is 13.9. The summed E-state index contributed by atoms with van der Waals surface area (Å²) in [7, 11) is 0. The molecule has 0 aliphatic heterocycles. The Bertz CT molecular complexity index is 613. The van der Waals surface area contributed by atoms with Crippen LogP contribution in [0.3, 0.4) is 0 Å². The molecule has 0 bridgehead atoms. The van der Waals surface area contributed by atoms with Crippen LogP contribution in [0, 0.1) is 15.2 Å². The molecule has 19 heavy (non-hydrogen) atoms. The third kappa shape index (κ3) is 3.47. The Morgan fingerprint density at radius 2 is 1.58 bits per heavy atom. The highest BCUT2D eigenvalue weighted by Crippen LogP contribution is 2.15. The maximum absolute atomic E-state index is 13.4. The molecule has 2 aromatic carbocycles. The van der Waals surface area contributed by atoms with Crippen molar-refractivity contribution in [2.45, 2.75) is 0 Å². The minimum atomic E-state index is -0.688. The molecule has 0 saturated heterocycles. The number of carbonyl (C=O) groups is 1. The highest BCUT2D eigenvalue weighted by molar-refractivity contribution is 14.1. The van der Waals surface area contributed by atoms with Crippen LogP contribution in [0.2, 0.25) is 0 Å². The molecule has 0 aromatic heterocycles. The summed E-state index contributed by atoms with van der Waals surface area (Å²) in [5.41, 5.74) is 0.273. The van der Waals surface area contributed by atoms with E-state index in [1.54, 1.807) is 24.3 Å². The maximum atomic E-state index is 13.4. The van der Waals surface area contributed by atoms with Crippen molar-refractivity contribution in [2.75, 3.05) is 0 Å². The zero-order valence-electron chi connectivity index (χ0n) is 9.74. The molecule has 0 fully saturated rings. The van der Waals surface area contributed by atoms with Gasteiger partial charge in [0, 0.05) is 14.7 Å². The smallest absolute Gasteiger partial charge is 0.185 e. The predicted molar refractivity (Wildman–Crippen MR) is 78.9 cm³/mol. The lowest BCUT2D eigenvalue weighted by molar-refractivity contribution is 0.104. The summed E-state index contributed by atoms with van der Waals surface area (Å²) in [4.78, 5) is 11.8. The first-order valence-corrected chi connectivity index (χ1v) is 6.58. The molecule has 0 aliphatic carbocycles. The van der Waals surface area contributed by atoms with Gasteiger partial charge in [-0.3, -0.25) is 4.79 Å². The molecule has 0 amide bonds. The summed E-state index contributed by atoms with van der Waals surface area (Å²) in [5, 5.41) is 0. The van der Waals surface area contributed by atoms with Gasteiger partial charge in [-0.15, -0.1) is 0 Å².